The highest BCUT2D eigenvalue weighted by atomic mass is 16.6. The summed E-state index contributed by atoms with van der Waals surface area (Å²) in [7, 11) is 0. The third-order valence-corrected chi connectivity index (χ3v) is 3.97. The molecule has 0 unspecified atom stereocenters. The van der Waals surface area contributed by atoms with E-state index in [1.54, 1.807) is 18.2 Å². The van der Waals surface area contributed by atoms with E-state index in [9.17, 15) is 20.2 Å². The topological polar surface area (TPSA) is 109 Å². The minimum absolute atomic E-state index is 0.0373. The molecule has 0 aliphatic rings. The highest BCUT2D eigenvalue weighted by Gasteiger charge is 2.15. The second-order valence-electron chi connectivity index (χ2n) is 5.91. The Morgan fingerprint density at radius 1 is 1.42 bits per heavy atom. The van der Waals surface area contributed by atoms with Crippen molar-refractivity contribution in [3.8, 4) is 17.4 Å². The van der Waals surface area contributed by atoms with Gasteiger partial charge in [0, 0.05) is 29.8 Å². The molecule has 1 atom stereocenters. The summed E-state index contributed by atoms with van der Waals surface area (Å²) < 4.78 is 5.67. The SMILES string of the molecule is CC[C@H](C)NC(=O)/C(C#N)=C/c1ccc(-c2cc([N+](=O)[O-])ccc2C)o1. The Morgan fingerprint density at radius 2 is 2.15 bits per heavy atom. The molecule has 2 rings (SSSR count). The highest BCUT2D eigenvalue weighted by Crippen LogP contribution is 2.29. The van der Waals surface area contributed by atoms with Crippen LogP contribution < -0.4 is 5.32 Å². The van der Waals surface area contributed by atoms with Crippen LogP contribution in [0, 0.1) is 28.4 Å². The second-order valence-corrected chi connectivity index (χ2v) is 5.91. The number of nitrogens with one attached hydrogen (secondary N) is 1. The molecule has 26 heavy (non-hydrogen) atoms. The molecule has 0 aliphatic carbocycles. The van der Waals surface area contributed by atoms with Crippen LogP contribution in [0.25, 0.3) is 17.4 Å². The van der Waals surface area contributed by atoms with Crippen LogP contribution >= 0.6 is 0 Å². The Bertz CT molecular complexity index is 906. The first-order valence-corrected chi connectivity index (χ1v) is 8.13. The van der Waals surface area contributed by atoms with Gasteiger partial charge in [0.05, 0.1) is 4.92 Å². The van der Waals surface area contributed by atoms with E-state index in [4.69, 9.17) is 4.42 Å². The Balaban J connectivity index is 2.32. The Kier molecular flexibility index (Phi) is 5.91. The summed E-state index contributed by atoms with van der Waals surface area (Å²) in [5.74, 6) is 0.283. The van der Waals surface area contributed by atoms with Gasteiger partial charge in [-0.1, -0.05) is 13.0 Å². The van der Waals surface area contributed by atoms with Gasteiger partial charge in [0.2, 0.25) is 0 Å². The molecule has 0 radical (unpaired) electrons. The van der Waals surface area contributed by atoms with Crippen LogP contribution in [0.2, 0.25) is 0 Å². The van der Waals surface area contributed by atoms with Gasteiger partial charge in [0.25, 0.3) is 11.6 Å². The maximum atomic E-state index is 12.1. The largest absolute Gasteiger partial charge is 0.457 e. The Hall–Kier alpha value is -3.40. The molecular formula is C19H19N3O4. The summed E-state index contributed by atoms with van der Waals surface area (Å²) in [4.78, 5) is 22.6. The van der Waals surface area contributed by atoms with Crippen LogP contribution in [-0.2, 0) is 4.79 Å². The molecule has 1 heterocycles. The van der Waals surface area contributed by atoms with Crippen LogP contribution in [0.15, 0.2) is 40.3 Å². The zero-order valence-electron chi connectivity index (χ0n) is 14.8. The van der Waals surface area contributed by atoms with Gasteiger partial charge in [-0.3, -0.25) is 14.9 Å². The molecule has 7 nitrogen and oxygen atoms in total. The van der Waals surface area contributed by atoms with Crippen molar-refractivity contribution in [2.24, 2.45) is 0 Å². The van der Waals surface area contributed by atoms with Crippen LogP contribution in [0.3, 0.4) is 0 Å². The average Bonchev–Trinajstić information content (AvgIpc) is 3.07. The molecular weight excluding hydrogens is 334 g/mol. The first-order chi connectivity index (χ1) is 12.3. The van der Waals surface area contributed by atoms with Crippen molar-refractivity contribution in [1.82, 2.24) is 5.32 Å². The number of carbonyl (C=O) groups excluding carboxylic acids is 1. The van der Waals surface area contributed by atoms with Crippen molar-refractivity contribution in [3.05, 3.63) is 57.3 Å². The van der Waals surface area contributed by atoms with Gasteiger partial charge < -0.3 is 9.73 Å². The fourth-order valence-electron chi connectivity index (χ4n) is 2.26. The zero-order valence-corrected chi connectivity index (χ0v) is 14.8. The molecule has 0 saturated carbocycles. The summed E-state index contributed by atoms with van der Waals surface area (Å²) in [6.45, 7) is 5.60. The summed E-state index contributed by atoms with van der Waals surface area (Å²) in [5, 5.41) is 22.9. The van der Waals surface area contributed by atoms with Crippen molar-refractivity contribution in [2.45, 2.75) is 33.2 Å². The van der Waals surface area contributed by atoms with E-state index in [1.807, 2.05) is 26.8 Å². The summed E-state index contributed by atoms with van der Waals surface area (Å²) in [6.07, 6.45) is 2.11. The minimum atomic E-state index is -0.473. The normalized spacial score (nSPS) is 12.3. The van der Waals surface area contributed by atoms with Gasteiger partial charge in [-0.15, -0.1) is 0 Å². The number of rotatable bonds is 6. The fraction of sp³-hybridized carbons (Fsp3) is 0.263. The summed E-state index contributed by atoms with van der Waals surface area (Å²) >= 11 is 0. The van der Waals surface area contributed by atoms with Crippen LogP contribution in [0.5, 0.6) is 0 Å². The van der Waals surface area contributed by atoms with Gasteiger partial charge in [-0.05, 0) is 38.0 Å². The van der Waals surface area contributed by atoms with Crippen LogP contribution in [-0.4, -0.2) is 16.9 Å². The molecule has 7 heteroatoms. The molecule has 0 saturated heterocycles. The number of nitriles is 1. The Labute approximate surface area is 151 Å². The van der Waals surface area contributed by atoms with E-state index in [-0.39, 0.29) is 17.3 Å². The first kappa shape index (κ1) is 18.9. The van der Waals surface area contributed by atoms with E-state index in [0.29, 0.717) is 17.1 Å². The van der Waals surface area contributed by atoms with Gasteiger partial charge in [-0.2, -0.15) is 5.26 Å². The van der Waals surface area contributed by atoms with E-state index in [1.165, 1.54) is 18.2 Å². The van der Waals surface area contributed by atoms with E-state index < -0.39 is 10.8 Å². The molecule has 1 N–H and O–H groups in total. The van der Waals surface area contributed by atoms with E-state index in [2.05, 4.69) is 5.32 Å². The molecule has 134 valence electrons. The van der Waals surface area contributed by atoms with Crippen molar-refractivity contribution in [3.63, 3.8) is 0 Å². The lowest BCUT2D eigenvalue weighted by molar-refractivity contribution is -0.384. The predicted octanol–water partition coefficient (Wildman–Crippen LogP) is 3.98. The molecule has 0 aliphatic heterocycles. The minimum Gasteiger partial charge on any atom is -0.457 e. The summed E-state index contributed by atoms with van der Waals surface area (Å²) in [5.41, 5.74) is 1.30. The molecule has 0 spiro atoms. The van der Waals surface area contributed by atoms with Crippen molar-refractivity contribution in [1.29, 1.82) is 5.26 Å². The number of nitrogens with zero attached hydrogens (tertiary/aromatic N) is 2. The summed E-state index contributed by atoms with van der Waals surface area (Å²) in [6, 6.07) is 9.59. The van der Waals surface area contributed by atoms with Crippen LogP contribution in [0.4, 0.5) is 5.69 Å². The third kappa shape index (κ3) is 4.36. The third-order valence-electron chi connectivity index (χ3n) is 3.97. The monoisotopic (exact) mass is 353 g/mol. The highest BCUT2D eigenvalue weighted by molar-refractivity contribution is 6.01. The lowest BCUT2D eigenvalue weighted by atomic mass is 10.1. The van der Waals surface area contributed by atoms with E-state index >= 15 is 0 Å². The Morgan fingerprint density at radius 3 is 2.77 bits per heavy atom. The number of amides is 1. The maximum absolute atomic E-state index is 12.1. The molecule has 2 aromatic rings. The molecule has 0 bridgehead atoms. The fourth-order valence-corrected chi connectivity index (χ4v) is 2.26. The van der Waals surface area contributed by atoms with Gasteiger partial charge >= 0.3 is 0 Å². The van der Waals surface area contributed by atoms with E-state index in [0.717, 1.165) is 12.0 Å². The molecule has 1 aromatic heterocycles. The predicted molar refractivity (Wildman–Crippen MR) is 97.0 cm³/mol. The molecule has 1 aromatic carbocycles. The number of carbonyl (C=O) groups is 1. The zero-order chi connectivity index (χ0) is 19.3. The second kappa shape index (κ2) is 8.12. The van der Waals surface area contributed by atoms with Gasteiger partial charge in [-0.25, -0.2) is 0 Å². The first-order valence-electron chi connectivity index (χ1n) is 8.13. The quantitative estimate of drug-likeness (QED) is 0.365. The number of benzene rings is 1. The molecule has 0 fully saturated rings. The number of furan rings is 1. The number of nitro benzene ring substituents is 1. The standard InChI is InChI=1S/C19H19N3O4/c1-4-13(3)21-19(23)14(11-20)9-16-7-8-18(26-16)17-10-15(22(24)25)6-5-12(17)2/h5-10,13H,4H2,1-3H3,(H,21,23)/b14-9+/t13-/m0/s1. The smallest absolute Gasteiger partial charge is 0.270 e. The molecule has 1 amide bonds. The lowest BCUT2D eigenvalue weighted by Gasteiger charge is -2.10. The number of hydrogen-bond donors (Lipinski definition) is 1. The van der Waals surface area contributed by atoms with Gasteiger partial charge in [0.1, 0.15) is 23.2 Å². The number of hydrogen-bond acceptors (Lipinski definition) is 5. The van der Waals surface area contributed by atoms with Crippen molar-refractivity contribution < 1.29 is 14.1 Å². The number of nitro groups is 1. The average molecular weight is 353 g/mol. The number of aryl methyl sites for hydroxylation is 1. The number of non-ortho nitro benzene ring substituents is 1. The van der Waals surface area contributed by atoms with Crippen molar-refractivity contribution >= 4 is 17.7 Å². The lowest BCUT2D eigenvalue weighted by Crippen LogP contribution is -2.32. The maximum Gasteiger partial charge on any atom is 0.270 e. The van der Waals surface area contributed by atoms with Crippen LogP contribution in [0.1, 0.15) is 31.6 Å². The van der Waals surface area contributed by atoms with Crippen molar-refractivity contribution in [2.75, 3.05) is 0 Å². The van der Waals surface area contributed by atoms with Gasteiger partial charge in [0.15, 0.2) is 0 Å².